The quantitative estimate of drug-likeness (QED) is 0.878. The van der Waals surface area contributed by atoms with Crippen molar-refractivity contribution < 1.29 is 4.79 Å². The first-order chi connectivity index (χ1) is 9.10. The summed E-state index contributed by atoms with van der Waals surface area (Å²) in [5.74, 6) is 0.659. The maximum atomic E-state index is 12.1. The van der Waals surface area contributed by atoms with Gasteiger partial charge in [-0.3, -0.25) is 0 Å². The average molecular weight is 261 g/mol. The summed E-state index contributed by atoms with van der Waals surface area (Å²) in [6.45, 7) is 5.87. The summed E-state index contributed by atoms with van der Waals surface area (Å²) in [5, 5.41) is 2.94. The van der Waals surface area contributed by atoms with Gasteiger partial charge in [0.15, 0.2) is 0 Å². The summed E-state index contributed by atoms with van der Waals surface area (Å²) in [6.07, 6.45) is 2.26. The SMILES string of the molecule is CCC1CCN(C(=O)Nc2ccc(C(C)N)cc2)C1. The fourth-order valence-electron chi connectivity index (χ4n) is 2.42. The molecular weight excluding hydrogens is 238 g/mol. The van der Waals surface area contributed by atoms with Gasteiger partial charge in [0, 0.05) is 24.8 Å². The molecule has 1 aliphatic heterocycles. The van der Waals surface area contributed by atoms with Crippen molar-refractivity contribution in [3.63, 3.8) is 0 Å². The molecule has 1 aromatic rings. The van der Waals surface area contributed by atoms with Gasteiger partial charge in [-0.2, -0.15) is 0 Å². The summed E-state index contributed by atoms with van der Waals surface area (Å²) in [6, 6.07) is 7.75. The number of likely N-dealkylation sites (tertiary alicyclic amines) is 1. The molecule has 2 atom stereocenters. The highest BCUT2D eigenvalue weighted by Crippen LogP contribution is 2.20. The zero-order chi connectivity index (χ0) is 13.8. The number of nitrogens with zero attached hydrogens (tertiary/aromatic N) is 1. The fourth-order valence-corrected chi connectivity index (χ4v) is 2.42. The third-order valence-corrected chi connectivity index (χ3v) is 3.84. The highest BCUT2D eigenvalue weighted by Gasteiger charge is 2.24. The van der Waals surface area contributed by atoms with Crippen LogP contribution in [-0.2, 0) is 0 Å². The largest absolute Gasteiger partial charge is 0.324 e. The van der Waals surface area contributed by atoms with Gasteiger partial charge in [0.1, 0.15) is 0 Å². The van der Waals surface area contributed by atoms with Crippen LogP contribution in [0.4, 0.5) is 10.5 Å². The third-order valence-electron chi connectivity index (χ3n) is 3.84. The van der Waals surface area contributed by atoms with E-state index in [1.165, 1.54) is 0 Å². The number of nitrogens with two attached hydrogens (primary N) is 1. The van der Waals surface area contributed by atoms with E-state index in [-0.39, 0.29) is 12.1 Å². The van der Waals surface area contributed by atoms with Crippen LogP contribution in [0.15, 0.2) is 24.3 Å². The van der Waals surface area contributed by atoms with E-state index in [9.17, 15) is 4.79 Å². The molecule has 2 rings (SSSR count). The number of anilines is 1. The number of carbonyl (C=O) groups is 1. The summed E-state index contributed by atoms with van der Waals surface area (Å²) in [7, 11) is 0. The first-order valence-electron chi connectivity index (χ1n) is 7.01. The molecule has 3 N–H and O–H groups in total. The Balaban J connectivity index is 1.92. The van der Waals surface area contributed by atoms with Crippen LogP contribution in [0.1, 0.15) is 38.3 Å². The van der Waals surface area contributed by atoms with Crippen LogP contribution in [0.2, 0.25) is 0 Å². The van der Waals surface area contributed by atoms with Crippen molar-refractivity contribution in [1.29, 1.82) is 0 Å². The first-order valence-corrected chi connectivity index (χ1v) is 7.01. The van der Waals surface area contributed by atoms with Crippen molar-refractivity contribution in [1.82, 2.24) is 4.90 Å². The van der Waals surface area contributed by atoms with E-state index >= 15 is 0 Å². The van der Waals surface area contributed by atoms with Crippen LogP contribution in [0.5, 0.6) is 0 Å². The Hall–Kier alpha value is -1.55. The van der Waals surface area contributed by atoms with Crippen LogP contribution in [0, 0.1) is 5.92 Å². The molecule has 0 aliphatic carbocycles. The lowest BCUT2D eigenvalue weighted by molar-refractivity contribution is 0.220. The average Bonchev–Trinajstić information content (AvgIpc) is 2.88. The summed E-state index contributed by atoms with van der Waals surface area (Å²) in [5.41, 5.74) is 7.70. The van der Waals surface area contributed by atoms with Crippen LogP contribution < -0.4 is 11.1 Å². The van der Waals surface area contributed by atoms with Gasteiger partial charge in [-0.05, 0) is 37.0 Å². The van der Waals surface area contributed by atoms with Gasteiger partial charge in [0.05, 0.1) is 0 Å². The highest BCUT2D eigenvalue weighted by molar-refractivity contribution is 5.89. The van der Waals surface area contributed by atoms with Gasteiger partial charge in [-0.1, -0.05) is 25.5 Å². The Kier molecular flexibility index (Phi) is 4.43. The van der Waals surface area contributed by atoms with Crippen LogP contribution in [-0.4, -0.2) is 24.0 Å². The number of benzene rings is 1. The molecule has 19 heavy (non-hydrogen) atoms. The molecular formula is C15H23N3O. The van der Waals surface area contributed by atoms with E-state index in [1.54, 1.807) is 0 Å². The zero-order valence-corrected chi connectivity index (χ0v) is 11.7. The van der Waals surface area contributed by atoms with Crippen molar-refractivity contribution in [2.45, 2.75) is 32.7 Å². The molecule has 1 heterocycles. The van der Waals surface area contributed by atoms with Crippen LogP contribution >= 0.6 is 0 Å². The minimum Gasteiger partial charge on any atom is -0.324 e. The second-order valence-electron chi connectivity index (χ2n) is 5.35. The van der Waals surface area contributed by atoms with Gasteiger partial charge in [0.25, 0.3) is 0 Å². The molecule has 104 valence electrons. The smallest absolute Gasteiger partial charge is 0.321 e. The second-order valence-corrected chi connectivity index (χ2v) is 5.35. The molecule has 1 aromatic carbocycles. The molecule has 0 spiro atoms. The molecule has 4 nitrogen and oxygen atoms in total. The standard InChI is InChI=1S/C15H23N3O/c1-3-12-8-9-18(10-12)15(19)17-14-6-4-13(5-7-14)11(2)16/h4-7,11-12H,3,8-10,16H2,1-2H3,(H,17,19). The zero-order valence-electron chi connectivity index (χ0n) is 11.7. The fraction of sp³-hybridized carbons (Fsp3) is 0.533. The Bertz CT molecular complexity index is 428. The van der Waals surface area contributed by atoms with Gasteiger partial charge in [-0.25, -0.2) is 4.79 Å². The second kappa shape index (κ2) is 6.06. The Labute approximate surface area is 115 Å². The lowest BCUT2D eigenvalue weighted by Crippen LogP contribution is -2.32. The minimum atomic E-state index is 0.00416. The molecule has 1 saturated heterocycles. The molecule has 2 unspecified atom stereocenters. The van der Waals surface area contributed by atoms with Gasteiger partial charge >= 0.3 is 6.03 Å². The van der Waals surface area contributed by atoms with Crippen LogP contribution in [0.25, 0.3) is 0 Å². The minimum absolute atomic E-state index is 0.00416. The van der Waals surface area contributed by atoms with Crippen molar-refractivity contribution in [3.8, 4) is 0 Å². The molecule has 1 fully saturated rings. The normalized spacial score (nSPS) is 20.4. The number of amides is 2. The molecule has 1 aliphatic rings. The molecule has 2 amide bonds. The third kappa shape index (κ3) is 3.47. The highest BCUT2D eigenvalue weighted by atomic mass is 16.2. The maximum absolute atomic E-state index is 12.1. The van der Waals surface area contributed by atoms with Crippen molar-refractivity contribution in [2.24, 2.45) is 11.7 Å². The Morgan fingerprint density at radius 2 is 2.16 bits per heavy atom. The molecule has 0 aromatic heterocycles. The summed E-state index contributed by atoms with van der Waals surface area (Å²) in [4.78, 5) is 14.0. The summed E-state index contributed by atoms with van der Waals surface area (Å²) < 4.78 is 0. The predicted molar refractivity (Wildman–Crippen MR) is 78.0 cm³/mol. The molecule has 0 radical (unpaired) electrons. The van der Waals surface area contributed by atoms with E-state index in [2.05, 4.69) is 12.2 Å². The van der Waals surface area contributed by atoms with Gasteiger partial charge in [0.2, 0.25) is 0 Å². The summed E-state index contributed by atoms with van der Waals surface area (Å²) >= 11 is 0. The maximum Gasteiger partial charge on any atom is 0.321 e. The number of hydrogen-bond donors (Lipinski definition) is 2. The van der Waals surface area contributed by atoms with Gasteiger partial charge in [-0.15, -0.1) is 0 Å². The lowest BCUT2D eigenvalue weighted by atomic mass is 10.1. The monoisotopic (exact) mass is 261 g/mol. The van der Waals surface area contributed by atoms with Crippen molar-refractivity contribution >= 4 is 11.7 Å². The topological polar surface area (TPSA) is 58.4 Å². The number of rotatable bonds is 3. The Morgan fingerprint density at radius 3 is 2.68 bits per heavy atom. The van der Waals surface area contributed by atoms with E-state index < -0.39 is 0 Å². The predicted octanol–water partition coefficient (Wildman–Crippen LogP) is 2.97. The van der Waals surface area contributed by atoms with E-state index in [0.717, 1.165) is 37.2 Å². The van der Waals surface area contributed by atoms with Gasteiger partial charge < -0.3 is 16.0 Å². The molecule has 0 saturated carbocycles. The Morgan fingerprint density at radius 1 is 1.47 bits per heavy atom. The molecule has 0 bridgehead atoms. The van der Waals surface area contributed by atoms with E-state index in [0.29, 0.717) is 5.92 Å². The van der Waals surface area contributed by atoms with E-state index in [1.807, 2.05) is 36.1 Å². The van der Waals surface area contributed by atoms with Crippen molar-refractivity contribution in [3.05, 3.63) is 29.8 Å². The number of hydrogen-bond acceptors (Lipinski definition) is 2. The van der Waals surface area contributed by atoms with Crippen molar-refractivity contribution in [2.75, 3.05) is 18.4 Å². The number of carbonyl (C=O) groups excluding carboxylic acids is 1. The van der Waals surface area contributed by atoms with E-state index in [4.69, 9.17) is 5.73 Å². The number of urea groups is 1. The lowest BCUT2D eigenvalue weighted by Gasteiger charge is -2.17. The molecule has 4 heteroatoms. The first kappa shape index (κ1) is 13.9. The van der Waals surface area contributed by atoms with Crippen LogP contribution in [0.3, 0.4) is 0 Å². The number of nitrogens with one attached hydrogen (secondary N) is 1.